The van der Waals surface area contributed by atoms with Crippen LogP contribution in [0.5, 0.6) is 11.5 Å². The van der Waals surface area contributed by atoms with Gasteiger partial charge in [0, 0.05) is 5.75 Å². The number of benzene rings is 2. The maximum Gasteiger partial charge on any atom is 0.296 e. The molecule has 31 heavy (non-hydrogen) atoms. The zero-order chi connectivity index (χ0) is 22.2. The molecule has 12 heteroatoms. The molecule has 3 aromatic rings. The smallest absolute Gasteiger partial charge is 0.296 e. The Morgan fingerprint density at radius 2 is 1.71 bits per heavy atom. The number of carbonyl (C=O) groups excluding carboxylic acids is 1. The molecule has 0 saturated carbocycles. The standard InChI is InChI=1S/C19H18N4O5S3/c1-27-13-5-3-12(4-6-13)10-29-18-21-22-19(31-18)30-11-17(24)20-15-8-7-14(28-2)9-16(15)23(25)26/h3-9H,10-11H2,1-2H3,(H,20,24). The third-order valence-corrected chi connectivity index (χ3v) is 7.17. The van der Waals surface area contributed by atoms with Crippen molar-refractivity contribution in [3.05, 3.63) is 58.1 Å². The van der Waals surface area contributed by atoms with Gasteiger partial charge in [-0.25, -0.2) is 0 Å². The van der Waals surface area contributed by atoms with Crippen molar-refractivity contribution in [2.45, 2.75) is 14.4 Å². The third kappa shape index (κ3) is 6.57. The molecule has 0 aliphatic heterocycles. The normalized spacial score (nSPS) is 10.5. The third-order valence-electron chi connectivity index (χ3n) is 3.91. The lowest BCUT2D eigenvalue weighted by Crippen LogP contribution is -2.15. The molecule has 0 aliphatic rings. The second-order valence-electron chi connectivity index (χ2n) is 5.95. The molecule has 0 radical (unpaired) electrons. The number of nitro benzene ring substituents is 1. The van der Waals surface area contributed by atoms with Crippen molar-refractivity contribution < 1.29 is 19.2 Å². The molecule has 162 valence electrons. The SMILES string of the molecule is COc1ccc(CSc2nnc(SCC(=O)Nc3ccc(OC)cc3[N+](=O)[O-])s2)cc1. The first-order chi connectivity index (χ1) is 15.0. The van der Waals surface area contributed by atoms with Crippen LogP contribution in [0, 0.1) is 10.1 Å². The number of nitro groups is 1. The highest BCUT2D eigenvalue weighted by molar-refractivity contribution is 8.03. The molecule has 1 amide bonds. The first-order valence-electron chi connectivity index (χ1n) is 8.83. The van der Waals surface area contributed by atoms with Gasteiger partial charge in [-0.05, 0) is 29.8 Å². The molecular weight excluding hydrogens is 460 g/mol. The molecule has 9 nitrogen and oxygen atoms in total. The first kappa shape index (κ1) is 22.8. The molecule has 0 spiro atoms. The highest BCUT2D eigenvalue weighted by Crippen LogP contribution is 2.32. The minimum absolute atomic E-state index is 0.0565. The van der Waals surface area contributed by atoms with Crippen LogP contribution in [-0.4, -0.2) is 41.0 Å². The molecule has 1 N–H and O–H groups in total. The van der Waals surface area contributed by atoms with E-state index in [4.69, 9.17) is 9.47 Å². The van der Waals surface area contributed by atoms with Crippen molar-refractivity contribution >= 4 is 52.1 Å². The predicted octanol–water partition coefficient (Wildman–Crippen LogP) is 4.49. The quantitative estimate of drug-likeness (QED) is 0.255. The Kier molecular flexibility index (Phi) is 8.09. The summed E-state index contributed by atoms with van der Waals surface area (Å²) >= 11 is 4.18. The van der Waals surface area contributed by atoms with Crippen LogP contribution in [-0.2, 0) is 10.5 Å². The molecule has 0 unspecified atom stereocenters. The summed E-state index contributed by atoms with van der Waals surface area (Å²) in [6, 6.07) is 12.0. The van der Waals surface area contributed by atoms with Crippen LogP contribution < -0.4 is 14.8 Å². The van der Waals surface area contributed by atoms with Crippen LogP contribution in [0.15, 0.2) is 51.1 Å². The lowest BCUT2D eigenvalue weighted by molar-refractivity contribution is -0.384. The predicted molar refractivity (Wildman–Crippen MR) is 121 cm³/mol. The molecule has 0 bridgehead atoms. The molecule has 1 heterocycles. The summed E-state index contributed by atoms with van der Waals surface area (Å²) in [5.74, 6) is 1.57. The summed E-state index contributed by atoms with van der Waals surface area (Å²) in [6.07, 6.45) is 0. The van der Waals surface area contributed by atoms with Gasteiger partial charge in [-0.3, -0.25) is 14.9 Å². The average molecular weight is 479 g/mol. The number of nitrogens with zero attached hydrogens (tertiary/aromatic N) is 3. The number of thioether (sulfide) groups is 2. The van der Waals surface area contributed by atoms with Crippen molar-refractivity contribution in [3.63, 3.8) is 0 Å². The van der Waals surface area contributed by atoms with Crippen LogP contribution >= 0.6 is 34.9 Å². The van der Waals surface area contributed by atoms with Gasteiger partial charge in [-0.15, -0.1) is 10.2 Å². The fraction of sp³-hybridized carbons (Fsp3) is 0.211. The number of hydrogen-bond donors (Lipinski definition) is 1. The van der Waals surface area contributed by atoms with E-state index >= 15 is 0 Å². The van der Waals surface area contributed by atoms with Crippen molar-refractivity contribution in [1.82, 2.24) is 10.2 Å². The Morgan fingerprint density at radius 3 is 2.35 bits per heavy atom. The van der Waals surface area contributed by atoms with Gasteiger partial charge < -0.3 is 14.8 Å². The second kappa shape index (κ2) is 11.0. The molecule has 0 saturated heterocycles. The monoisotopic (exact) mass is 478 g/mol. The van der Waals surface area contributed by atoms with E-state index in [1.165, 1.54) is 42.3 Å². The molecular formula is C19H18N4O5S3. The summed E-state index contributed by atoms with van der Waals surface area (Å²) < 4.78 is 11.6. The van der Waals surface area contributed by atoms with E-state index in [1.807, 2.05) is 24.3 Å². The van der Waals surface area contributed by atoms with E-state index in [2.05, 4.69) is 15.5 Å². The Balaban J connectivity index is 1.51. The van der Waals surface area contributed by atoms with Crippen LogP contribution in [0.2, 0.25) is 0 Å². The van der Waals surface area contributed by atoms with Gasteiger partial charge in [0.25, 0.3) is 5.69 Å². The molecule has 0 atom stereocenters. The van der Waals surface area contributed by atoms with Gasteiger partial charge >= 0.3 is 0 Å². The zero-order valence-corrected chi connectivity index (χ0v) is 19.0. The van der Waals surface area contributed by atoms with Gasteiger partial charge in [0.2, 0.25) is 5.91 Å². The maximum absolute atomic E-state index is 12.2. The number of rotatable bonds is 10. The number of carbonyl (C=O) groups is 1. The summed E-state index contributed by atoms with van der Waals surface area (Å²) in [5.41, 5.74) is 1.02. The Bertz CT molecular complexity index is 1060. The molecule has 3 rings (SSSR count). The molecule has 0 aliphatic carbocycles. The second-order valence-corrected chi connectivity index (χ2v) is 9.37. The fourth-order valence-electron chi connectivity index (χ4n) is 2.39. The fourth-order valence-corrected chi connectivity index (χ4v) is 5.17. The number of anilines is 1. The number of nitrogens with one attached hydrogen (secondary N) is 1. The van der Waals surface area contributed by atoms with Crippen molar-refractivity contribution in [3.8, 4) is 11.5 Å². The highest BCUT2D eigenvalue weighted by atomic mass is 32.2. The average Bonchev–Trinajstić information content (AvgIpc) is 3.24. The summed E-state index contributed by atoms with van der Waals surface area (Å²) in [5, 5.41) is 22.0. The van der Waals surface area contributed by atoms with Gasteiger partial charge in [0.1, 0.15) is 17.2 Å². The summed E-state index contributed by atoms with van der Waals surface area (Å²) in [7, 11) is 3.04. The molecule has 0 fully saturated rings. The maximum atomic E-state index is 12.2. The number of methoxy groups -OCH3 is 2. The Hall–Kier alpha value is -2.83. The summed E-state index contributed by atoms with van der Waals surface area (Å²) in [6.45, 7) is 0. The lowest BCUT2D eigenvalue weighted by Gasteiger charge is -2.06. The van der Waals surface area contributed by atoms with Gasteiger partial charge in [0.15, 0.2) is 8.68 Å². The highest BCUT2D eigenvalue weighted by Gasteiger charge is 2.18. The number of hydrogen-bond acceptors (Lipinski definition) is 10. The topological polar surface area (TPSA) is 116 Å². The van der Waals surface area contributed by atoms with Crippen LogP contribution in [0.1, 0.15) is 5.56 Å². The summed E-state index contributed by atoms with van der Waals surface area (Å²) in [4.78, 5) is 22.9. The lowest BCUT2D eigenvalue weighted by atomic mass is 10.2. The van der Waals surface area contributed by atoms with Gasteiger partial charge in [-0.1, -0.05) is 47.0 Å². The minimum atomic E-state index is -0.567. The number of ether oxygens (including phenoxy) is 2. The van der Waals surface area contributed by atoms with Crippen LogP contribution in [0.25, 0.3) is 0 Å². The van der Waals surface area contributed by atoms with E-state index in [1.54, 1.807) is 24.9 Å². The minimum Gasteiger partial charge on any atom is -0.497 e. The van der Waals surface area contributed by atoms with E-state index in [0.29, 0.717) is 10.1 Å². The van der Waals surface area contributed by atoms with E-state index < -0.39 is 4.92 Å². The van der Waals surface area contributed by atoms with E-state index in [9.17, 15) is 14.9 Å². The number of amides is 1. The molecule has 1 aromatic heterocycles. The molecule has 2 aromatic carbocycles. The van der Waals surface area contributed by atoms with Crippen LogP contribution in [0.3, 0.4) is 0 Å². The van der Waals surface area contributed by atoms with Crippen molar-refractivity contribution in [1.29, 1.82) is 0 Å². The van der Waals surface area contributed by atoms with Gasteiger partial charge in [-0.2, -0.15) is 0 Å². The zero-order valence-electron chi connectivity index (χ0n) is 16.6. The van der Waals surface area contributed by atoms with E-state index in [0.717, 1.165) is 21.4 Å². The first-order valence-corrected chi connectivity index (χ1v) is 11.6. The van der Waals surface area contributed by atoms with Crippen molar-refractivity contribution in [2.24, 2.45) is 0 Å². The largest absolute Gasteiger partial charge is 0.497 e. The Labute approximate surface area is 190 Å². The van der Waals surface area contributed by atoms with Crippen molar-refractivity contribution in [2.75, 3.05) is 25.3 Å². The van der Waals surface area contributed by atoms with Gasteiger partial charge in [0.05, 0.1) is 31.0 Å². The van der Waals surface area contributed by atoms with E-state index in [-0.39, 0.29) is 23.0 Å². The van der Waals surface area contributed by atoms with Crippen LogP contribution in [0.4, 0.5) is 11.4 Å². The Morgan fingerprint density at radius 1 is 1.06 bits per heavy atom. The number of aromatic nitrogens is 2.